The number of ether oxygens (including phenoxy) is 1. The molecule has 0 atom stereocenters. The Morgan fingerprint density at radius 1 is 0.966 bits per heavy atom. The van der Waals surface area contributed by atoms with E-state index in [2.05, 4.69) is 51.7 Å². The van der Waals surface area contributed by atoms with Gasteiger partial charge in [0.25, 0.3) is 0 Å². The molecule has 1 aromatic heterocycles. The summed E-state index contributed by atoms with van der Waals surface area (Å²) < 4.78 is 5.82. The van der Waals surface area contributed by atoms with Crippen molar-refractivity contribution in [3.63, 3.8) is 0 Å². The second-order valence-electron chi connectivity index (χ2n) is 7.41. The zero-order chi connectivity index (χ0) is 19.9. The van der Waals surface area contributed by atoms with Crippen molar-refractivity contribution >= 4 is 22.2 Å². The molecule has 0 bridgehead atoms. The highest BCUT2D eigenvalue weighted by molar-refractivity contribution is 7.13. The molecular formula is C23H28N4OS. The molecule has 0 amide bonds. The molecule has 6 heteroatoms. The van der Waals surface area contributed by atoms with E-state index in [1.165, 1.54) is 5.56 Å². The molecule has 0 aliphatic carbocycles. The molecule has 4 rings (SSSR count). The van der Waals surface area contributed by atoms with Crippen molar-refractivity contribution in [2.24, 2.45) is 0 Å². The van der Waals surface area contributed by atoms with Gasteiger partial charge in [0.2, 0.25) is 0 Å². The summed E-state index contributed by atoms with van der Waals surface area (Å²) in [7, 11) is 0. The lowest BCUT2D eigenvalue weighted by Crippen LogP contribution is -2.47. The van der Waals surface area contributed by atoms with E-state index in [1.54, 1.807) is 11.3 Å². The fourth-order valence-electron chi connectivity index (χ4n) is 3.41. The minimum atomic E-state index is 0.740. The van der Waals surface area contributed by atoms with Crippen LogP contribution in [0.4, 0.5) is 10.8 Å². The Balaban J connectivity index is 1.18. The average Bonchev–Trinajstić information content (AvgIpc) is 3.18. The largest absolute Gasteiger partial charge is 0.492 e. The third-order valence-corrected chi connectivity index (χ3v) is 5.93. The zero-order valence-electron chi connectivity index (χ0n) is 16.9. The van der Waals surface area contributed by atoms with Gasteiger partial charge in [0.15, 0.2) is 5.13 Å². The van der Waals surface area contributed by atoms with Crippen LogP contribution >= 0.6 is 11.3 Å². The summed E-state index contributed by atoms with van der Waals surface area (Å²) in [6, 6.07) is 18.5. The van der Waals surface area contributed by atoms with Gasteiger partial charge in [-0.3, -0.25) is 9.80 Å². The van der Waals surface area contributed by atoms with Crippen LogP contribution in [0.3, 0.4) is 0 Å². The van der Waals surface area contributed by atoms with E-state index in [0.29, 0.717) is 0 Å². The number of aryl methyl sites for hydroxylation is 1. The minimum Gasteiger partial charge on any atom is -0.492 e. The number of para-hydroxylation sites is 1. The number of aromatic nitrogens is 1. The quantitative estimate of drug-likeness (QED) is 0.599. The number of thiazole rings is 1. The standard InChI is InChI=1S/C23H28N4OS/c1-19-7-9-20(10-8-19)24-23-25-21(18-29-23)17-27-13-11-26(12-14-27)15-16-28-22-5-3-2-4-6-22/h2-10,18H,11-17H2,1H3,(H,24,25). The number of anilines is 2. The van der Waals surface area contributed by atoms with Gasteiger partial charge in [0, 0.05) is 50.3 Å². The Hall–Kier alpha value is -2.41. The predicted octanol–water partition coefficient (Wildman–Crippen LogP) is 4.39. The van der Waals surface area contributed by atoms with Gasteiger partial charge < -0.3 is 10.1 Å². The Bertz CT molecular complexity index is 873. The van der Waals surface area contributed by atoms with Gasteiger partial charge in [-0.25, -0.2) is 4.98 Å². The first-order valence-corrected chi connectivity index (χ1v) is 11.0. The Morgan fingerprint density at radius 2 is 1.69 bits per heavy atom. The topological polar surface area (TPSA) is 40.6 Å². The summed E-state index contributed by atoms with van der Waals surface area (Å²) in [5.74, 6) is 0.949. The maximum absolute atomic E-state index is 5.82. The molecular weight excluding hydrogens is 380 g/mol. The molecule has 1 N–H and O–H groups in total. The van der Waals surface area contributed by atoms with E-state index in [1.807, 2.05) is 30.3 Å². The number of nitrogens with zero attached hydrogens (tertiary/aromatic N) is 3. The van der Waals surface area contributed by atoms with E-state index >= 15 is 0 Å². The second-order valence-corrected chi connectivity index (χ2v) is 8.27. The maximum atomic E-state index is 5.82. The van der Waals surface area contributed by atoms with Crippen molar-refractivity contribution < 1.29 is 4.74 Å². The number of benzene rings is 2. The molecule has 1 saturated heterocycles. The van der Waals surface area contributed by atoms with Crippen molar-refractivity contribution in [3.8, 4) is 5.75 Å². The molecule has 3 aromatic rings. The lowest BCUT2D eigenvalue weighted by Gasteiger charge is -2.34. The molecule has 2 aromatic carbocycles. The summed E-state index contributed by atoms with van der Waals surface area (Å²) in [6.45, 7) is 9.04. The predicted molar refractivity (Wildman–Crippen MR) is 120 cm³/mol. The third kappa shape index (κ3) is 6.03. The third-order valence-electron chi connectivity index (χ3n) is 5.12. The summed E-state index contributed by atoms with van der Waals surface area (Å²) in [5, 5.41) is 6.52. The van der Waals surface area contributed by atoms with Gasteiger partial charge in [0.05, 0.1) is 5.69 Å². The highest BCUT2D eigenvalue weighted by Gasteiger charge is 2.17. The van der Waals surface area contributed by atoms with Crippen molar-refractivity contribution in [2.45, 2.75) is 13.5 Å². The normalized spacial score (nSPS) is 15.3. The lowest BCUT2D eigenvalue weighted by molar-refractivity contribution is 0.112. The molecule has 0 spiro atoms. The molecule has 0 radical (unpaired) electrons. The van der Waals surface area contributed by atoms with Gasteiger partial charge in [-0.15, -0.1) is 11.3 Å². The molecule has 29 heavy (non-hydrogen) atoms. The first kappa shape index (κ1) is 19.9. The van der Waals surface area contributed by atoms with Gasteiger partial charge in [0.1, 0.15) is 12.4 Å². The van der Waals surface area contributed by atoms with Crippen LogP contribution in [0.15, 0.2) is 60.0 Å². The second kappa shape index (κ2) is 9.87. The van der Waals surface area contributed by atoms with Crippen LogP contribution in [0.1, 0.15) is 11.3 Å². The van der Waals surface area contributed by atoms with Gasteiger partial charge in [-0.1, -0.05) is 35.9 Å². The van der Waals surface area contributed by atoms with Gasteiger partial charge in [-0.2, -0.15) is 0 Å². The summed E-state index contributed by atoms with van der Waals surface area (Å²) in [6.07, 6.45) is 0. The van der Waals surface area contributed by atoms with Crippen molar-refractivity contribution in [1.29, 1.82) is 0 Å². The number of nitrogens with one attached hydrogen (secondary N) is 1. The van der Waals surface area contributed by atoms with Crippen LogP contribution < -0.4 is 10.1 Å². The van der Waals surface area contributed by atoms with Crippen LogP contribution in [0, 0.1) is 6.92 Å². The van der Waals surface area contributed by atoms with Crippen LogP contribution in [0.2, 0.25) is 0 Å². The van der Waals surface area contributed by atoms with E-state index in [0.717, 1.165) is 68.1 Å². The SMILES string of the molecule is Cc1ccc(Nc2nc(CN3CCN(CCOc4ccccc4)CC3)cs2)cc1. The van der Waals surface area contributed by atoms with Crippen LogP contribution in [-0.4, -0.2) is 54.1 Å². The minimum absolute atomic E-state index is 0.740. The Morgan fingerprint density at radius 3 is 2.45 bits per heavy atom. The highest BCUT2D eigenvalue weighted by Crippen LogP contribution is 2.22. The first-order valence-electron chi connectivity index (χ1n) is 10.2. The van der Waals surface area contributed by atoms with Crippen LogP contribution in [0.5, 0.6) is 5.75 Å². The van der Waals surface area contributed by atoms with E-state index in [4.69, 9.17) is 9.72 Å². The van der Waals surface area contributed by atoms with E-state index in [9.17, 15) is 0 Å². The Kier molecular flexibility index (Phi) is 6.77. The summed E-state index contributed by atoms with van der Waals surface area (Å²) in [4.78, 5) is 9.72. The molecule has 0 saturated carbocycles. The fourth-order valence-corrected chi connectivity index (χ4v) is 4.13. The van der Waals surface area contributed by atoms with Crippen molar-refractivity contribution in [2.75, 3.05) is 44.6 Å². The Labute approximate surface area is 177 Å². The molecule has 1 fully saturated rings. The lowest BCUT2D eigenvalue weighted by atomic mass is 10.2. The van der Waals surface area contributed by atoms with E-state index in [-0.39, 0.29) is 0 Å². The average molecular weight is 409 g/mol. The number of hydrogen-bond acceptors (Lipinski definition) is 6. The number of hydrogen-bond donors (Lipinski definition) is 1. The molecule has 1 aliphatic rings. The highest BCUT2D eigenvalue weighted by atomic mass is 32.1. The monoisotopic (exact) mass is 408 g/mol. The molecule has 1 aliphatic heterocycles. The van der Waals surface area contributed by atoms with Crippen LogP contribution in [0.25, 0.3) is 0 Å². The van der Waals surface area contributed by atoms with Gasteiger partial charge >= 0.3 is 0 Å². The molecule has 2 heterocycles. The summed E-state index contributed by atoms with van der Waals surface area (Å²) >= 11 is 1.67. The number of rotatable bonds is 8. The first-order chi connectivity index (χ1) is 14.2. The van der Waals surface area contributed by atoms with Crippen molar-refractivity contribution in [3.05, 3.63) is 71.2 Å². The van der Waals surface area contributed by atoms with E-state index < -0.39 is 0 Å². The number of piperazine rings is 1. The van der Waals surface area contributed by atoms with Gasteiger partial charge in [-0.05, 0) is 31.2 Å². The fraction of sp³-hybridized carbons (Fsp3) is 0.348. The smallest absolute Gasteiger partial charge is 0.187 e. The molecule has 5 nitrogen and oxygen atoms in total. The summed E-state index contributed by atoms with van der Waals surface area (Å²) in [5.41, 5.74) is 3.49. The van der Waals surface area contributed by atoms with Crippen LogP contribution in [-0.2, 0) is 6.54 Å². The van der Waals surface area contributed by atoms with Crippen molar-refractivity contribution in [1.82, 2.24) is 14.8 Å². The molecule has 0 unspecified atom stereocenters. The maximum Gasteiger partial charge on any atom is 0.187 e. The zero-order valence-corrected chi connectivity index (χ0v) is 17.7. The molecule has 152 valence electrons.